The number of amides is 1. The third kappa shape index (κ3) is 4.47. The lowest BCUT2D eigenvalue weighted by atomic mass is 10.1. The lowest BCUT2D eigenvalue weighted by Crippen LogP contribution is -2.42. The molecule has 1 fully saturated rings. The average Bonchev–Trinajstić information content (AvgIpc) is 3.20. The summed E-state index contributed by atoms with van der Waals surface area (Å²) in [4.78, 5) is 22.9. The summed E-state index contributed by atoms with van der Waals surface area (Å²) in [5.74, 6) is -2.49. The molecular weight excluding hydrogens is 404 g/mol. The molecule has 0 bridgehead atoms. The Hall–Kier alpha value is -3.56. The smallest absolute Gasteiger partial charge is 0.255 e. The van der Waals surface area contributed by atoms with Crippen molar-refractivity contribution < 1.29 is 13.6 Å². The molecule has 0 radical (unpaired) electrons. The van der Waals surface area contributed by atoms with E-state index in [2.05, 4.69) is 20.5 Å². The van der Waals surface area contributed by atoms with Crippen LogP contribution < -0.4 is 11.2 Å². The van der Waals surface area contributed by atoms with Crippen molar-refractivity contribution in [2.45, 2.75) is 32.1 Å². The van der Waals surface area contributed by atoms with Gasteiger partial charge in [0.2, 0.25) is 0 Å². The SMILES string of the molecule is CC/C(N)=N/Nc1cncc(-n2ccc3cc(C(=O)N4CCC(F)(F)CC4)cnc32)c1. The largest absolute Gasteiger partial charge is 0.386 e. The zero-order chi connectivity index (χ0) is 22.0. The van der Waals surface area contributed by atoms with Crippen molar-refractivity contribution in [3.05, 3.63) is 48.5 Å². The fourth-order valence-electron chi connectivity index (χ4n) is 3.40. The molecular formula is C21H23F2N7O. The van der Waals surface area contributed by atoms with Gasteiger partial charge in [-0.25, -0.2) is 13.8 Å². The number of halogens is 2. The van der Waals surface area contributed by atoms with Crippen molar-refractivity contribution in [1.82, 2.24) is 19.4 Å². The van der Waals surface area contributed by atoms with Crippen molar-refractivity contribution >= 4 is 28.5 Å². The molecule has 8 nitrogen and oxygen atoms in total. The number of hydrogen-bond acceptors (Lipinski definition) is 5. The van der Waals surface area contributed by atoms with Gasteiger partial charge in [-0.3, -0.25) is 19.8 Å². The van der Waals surface area contributed by atoms with E-state index in [1.54, 1.807) is 18.5 Å². The monoisotopic (exact) mass is 427 g/mol. The number of fused-ring (bicyclic) bond motifs is 1. The first kappa shape index (κ1) is 20.7. The highest BCUT2D eigenvalue weighted by Crippen LogP contribution is 2.29. The van der Waals surface area contributed by atoms with Crippen LogP contribution >= 0.6 is 0 Å². The molecule has 31 heavy (non-hydrogen) atoms. The van der Waals surface area contributed by atoms with Gasteiger partial charge in [0, 0.05) is 50.1 Å². The van der Waals surface area contributed by atoms with Crippen LogP contribution in [0.1, 0.15) is 36.5 Å². The first-order valence-electron chi connectivity index (χ1n) is 10.0. The van der Waals surface area contributed by atoms with Gasteiger partial charge in [0.1, 0.15) is 11.5 Å². The van der Waals surface area contributed by atoms with E-state index < -0.39 is 5.92 Å². The Bertz CT molecular complexity index is 1130. The predicted octanol–water partition coefficient (Wildman–Crippen LogP) is 3.39. The van der Waals surface area contributed by atoms with Crippen LogP contribution in [0, 0.1) is 0 Å². The third-order valence-electron chi connectivity index (χ3n) is 5.25. The number of likely N-dealkylation sites (tertiary alicyclic amines) is 1. The van der Waals surface area contributed by atoms with Crippen LogP contribution in [0.4, 0.5) is 14.5 Å². The molecule has 0 unspecified atom stereocenters. The van der Waals surface area contributed by atoms with Crippen LogP contribution in [0.2, 0.25) is 0 Å². The van der Waals surface area contributed by atoms with Crippen molar-refractivity contribution in [3.8, 4) is 5.69 Å². The highest BCUT2D eigenvalue weighted by atomic mass is 19.3. The maximum absolute atomic E-state index is 13.4. The standard InChI is InChI=1S/C21H23F2N7O/c1-2-18(24)28-27-16-10-17(13-25-12-16)30-6-3-14-9-15(11-26-19(14)30)20(31)29-7-4-21(22,23)5-8-29/h3,6,9-13,27H,2,4-5,7-8H2,1H3,(H2,24,28). The average molecular weight is 427 g/mol. The molecule has 3 aromatic heterocycles. The van der Waals surface area contributed by atoms with Gasteiger partial charge in [-0.15, -0.1) is 0 Å². The van der Waals surface area contributed by atoms with Crippen LogP contribution in [-0.4, -0.2) is 50.2 Å². The molecule has 0 aliphatic carbocycles. The van der Waals surface area contributed by atoms with Crippen molar-refractivity contribution in [3.63, 3.8) is 0 Å². The number of nitrogens with zero attached hydrogens (tertiary/aromatic N) is 5. The summed E-state index contributed by atoms with van der Waals surface area (Å²) in [6.45, 7) is 2.00. The topological polar surface area (TPSA) is 101 Å². The Morgan fingerprint density at radius 2 is 2.03 bits per heavy atom. The second-order valence-electron chi connectivity index (χ2n) is 7.47. The van der Waals surface area contributed by atoms with Gasteiger partial charge in [0.25, 0.3) is 11.8 Å². The van der Waals surface area contributed by atoms with E-state index in [0.29, 0.717) is 29.2 Å². The lowest BCUT2D eigenvalue weighted by Gasteiger charge is -2.31. The van der Waals surface area contributed by atoms with E-state index in [0.717, 1.165) is 11.1 Å². The quantitative estimate of drug-likeness (QED) is 0.369. The summed E-state index contributed by atoms with van der Waals surface area (Å²) in [5, 5.41) is 4.84. The molecule has 0 spiro atoms. The van der Waals surface area contributed by atoms with Crippen molar-refractivity contribution in [2.75, 3.05) is 18.5 Å². The molecule has 10 heteroatoms. The Morgan fingerprint density at radius 3 is 2.77 bits per heavy atom. The fraction of sp³-hybridized carbons (Fsp3) is 0.333. The number of nitrogens with two attached hydrogens (primary N) is 1. The van der Waals surface area contributed by atoms with Gasteiger partial charge in [-0.05, 0) is 18.2 Å². The Labute approximate surface area is 177 Å². The minimum Gasteiger partial charge on any atom is -0.386 e. The number of hydrogen-bond donors (Lipinski definition) is 2. The van der Waals surface area contributed by atoms with Gasteiger partial charge in [-0.2, -0.15) is 5.10 Å². The minimum atomic E-state index is -2.69. The number of carbonyl (C=O) groups excluding carboxylic acids is 1. The van der Waals surface area contributed by atoms with Crippen LogP contribution in [-0.2, 0) is 0 Å². The Balaban J connectivity index is 1.56. The molecule has 0 atom stereocenters. The predicted molar refractivity (Wildman–Crippen MR) is 114 cm³/mol. The van der Waals surface area contributed by atoms with Crippen LogP contribution in [0.5, 0.6) is 0 Å². The molecule has 0 saturated carbocycles. The molecule has 3 N–H and O–H groups in total. The maximum atomic E-state index is 13.4. The van der Waals surface area contributed by atoms with Gasteiger partial charge < -0.3 is 10.6 Å². The normalized spacial score (nSPS) is 16.5. The summed E-state index contributed by atoms with van der Waals surface area (Å²) in [5.41, 5.74) is 11.1. The molecule has 4 rings (SSSR count). The van der Waals surface area contributed by atoms with E-state index in [9.17, 15) is 13.6 Å². The third-order valence-corrected chi connectivity index (χ3v) is 5.25. The van der Waals surface area contributed by atoms with Crippen molar-refractivity contribution in [2.24, 2.45) is 10.8 Å². The second-order valence-corrected chi connectivity index (χ2v) is 7.47. The molecule has 1 aliphatic heterocycles. The van der Waals surface area contributed by atoms with E-state index >= 15 is 0 Å². The molecule has 3 aromatic rings. The van der Waals surface area contributed by atoms with E-state index in [-0.39, 0.29) is 31.8 Å². The fourth-order valence-corrected chi connectivity index (χ4v) is 3.40. The molecule has 162 valence electrons. The van der Waals surface area contributed by atoms with E-state index in [1.165, 1.54) is 11.1 Å². The number of amidine groups is 1. The zero-order valence-corrected chi connectivity index (χ0v) is 17.1. The van der Waals surface area contributed by atoms with E-state index in [1.807, 2.05) is 29.8 Å². The summed E-state index contributed by atoms with van der Waals surface area (Å²) in [6.07, 6.45) is 6.65. The Kier molecular flexibility index (Phi) is 5.53. The van der Waals surface area contributed by atoms with Crippen LogP contribution in [0.25, 0.3) is 16.7 Å². The first-order chi connectivity index (χ1) is 14.9. The summed E-state index contributed by atoms with van der Waals surface area (Å²) < 4.78 is 28.6. The molecule has 0 aromatic carbocycles. The first-order valence-corrected chi connectivity index (χ1v) is 10.0. The van der Waals surface area contributed by atoms with Crippen LogP contribution in [0.15, 0.2) is 48.1 Å². The molecule has 1 amide bonds. The molecule has 4 heterocycles. The highest BCUT2D eigenvalue weighted by Gasteiger charge is 2.35. The summed E-state index contributed by atoms with van der Waals surface area (Å²) in [7, 11) is 0. The second kappa shape index (κ2) is 8.29. The van der Waals surface area contributed by atoms with Gasteiger partial charge >= 0.3 is 0 Å². The number of pyridine rings is 2. The number of hydrazone groups is 1. The van der Waals surface area contributed by atoms with Gasteiger partial charge in [0.05, 0.1) is 29.3 Å². The van der Waals surface area contributed by atoms with Crippen LogP contribution in [0.3, 0.4) is 0 Å². The van der Waals surface area contributed by atoms with Crippen molar-refractivity contribution in [1.29, 1.82) is 0 Å². The molecule has 1 aliphatic rings. The number of nitrogens with one attached hydrogen (secondary N) is 1. The number of alkyl halides is 2. The Morgan fingerprint density at radius 1 is 1.26 bits per heavy atom. The van der Waals surface area contributed by atoms with Gasteiger partial charge in [0.15, 0.2) is 0 Å². The minimum absolute atomic E-state index is 0.0430. The lowest BCUT2D eigenvalue weighted by molar-refractivity contribution is -0.0494. The van der Waals surface area contributed by atoms with Gasteiger partial charge in [-0.1, -0.05) is 6.92 Å². The summed E-state index contributed by atoms with van der Waals surface area (Å²) in [6, 6.07) is 5.43. The molecule has 1 saturated heterocycles. The number of aromatic nitrogens is 3. The zero-order valence-electron chi connectivity index (χ0n) is 17.1. The number of carbonyl (C=O) groups is 1. The van der Waals surface area contributed by atoms with E-state index in [4.69, 9.17) is 5.73 Å². The number of rotatable bonds is 5. The maximum Gasteiger partial charge on any atom is 0.255 e. The number of piperidine rings is 1. The summed E-state index contributed by atoms with van der Waals surface area (Å²) >= 11 is 0. The highest BCUT2D eigenvalue weighted by molar-refractivity contribution is 5.97. The number of anilines is 1.